The molecular weight excluding hydrogens is 452 g/mol. The summed E-state index contributed by atoms with van der Waals surface area (Å²) >= 11 is 1.21. The number of carboxylic acids is 1. The molecule has 180 valence electrons. The molecule has 34 heavy (non-hydrogen) atoms. The summed E-state index contributed by atoms with van der Waals surface area (Å²) in [6, 6.07) is 18.2. The Labute approximate surface area is 203 Å². The van der Waals surface area contributed by atoms with E-state index in [0.29, 0.717) is 23.8 Å². The van der Waals surface area contributed by atoms with E-state index < -0.39 is 12.1 Å². The predicted octanol–water partition coefficient (Wildman–Crippen LogP) is 5.77. The molecule has 8 heteroatoms. The van der Waals surface area contributed by atoms with Gasteiger partial charge in [-0.3, -0.25) is 10.2 Å². The molecule has 3 N–H and O–H groups in total. The third-order valence-electron chi connectivity index (χ3n) is 5.26. The average molecular weight is 483 g/mol. The molecule has 1 aromatic heterocycles. The molecule has 0 radical (unpaired) electrons. The number of aliphatic hydroxyl groups excluding tert-OH is 1. The Morgan fingerprint density at radius 3 is 2.32 bits per heavy atom. The smallest absolute Gasteiger partial charge is 0.345 e. The van der Waals surface area contributed by atoms with E-state index in [0.717, 1.165) is 41.0 Å². The van der Waals surface area contributed by atoms with Crippen molar-refractivity contribution in [2.24, 2.45) is 0 Å². The third kappa shape index (κ3) is 7.15. The molecule has 3 aromatic rings. The standard InChI is InChI=1S/C26H30N2O5S/c1-3-4-5-24(30)20-8-12-22(13-9-20)28(18(2)29)27-21-10-6-19(7-11-21)16-33-17-23-14-15-25(34-23)26(31)32/h6-15,24,27,30H,3-5,16-17H2,1-2H3,(H,31,32). The molecule has 1 atom stereocenters. The lowest BCUT2D eigenvalue weighted by molar-refractivity contribution is -0.116. The van der Waals surface area contributed by atoms with Crippen LogP contribution >= 0.6 is 11.3 Å². The zero-order valence-electron chi connectivity index (χ0n) is 19.4. The van der Waals surface area contributed by atoms with Gasteiger partial charge in [0.1, 0.15) is 4.88 Å². The maximum absolute atomic E-state index is 12.3. The van der Waals surface area contributed by atoms with Crippen molar-refractivity contribution in [2.75, 3.05) is 10.4 Å². The largest absolute Gasteiger partial charge is 0.477 e. The summed E-state index contributed by atoms with van der Waals surface area (Å²) in [6.07, 6.45) is 2.22. The average Bonchev–Trinajstić information content (AvgIpc) is 3.31. The number of benzene rings is 2. The van der Waals surface area contributed by atoms with Gasteiger partial charge in [-0.15, -0.1) is 11.3 Å². The summed E-state index contributed by atoms with van der Waals surface area (Å²) < 4.78 is 5.69. The number of hydrogen-bond acceptors (Lipinski definition) is 6. The first-order valence-electron chi connectivity index (χ1n) is 11.2. The van der Waals surface area contributed by atoms with Gasteiger partial charge in [-0.2, -0.15) is 0 Å². The first-order valence-corrected chi connectivity index (χ1v) is 12.0. The van der Waals surface area contributed by atoms with E-state index in [9.17, 15) is 14.7 Å². The summed E-state index contributed by atoms with van der Waals surface area (Å²) in [7, 11) is 0. The Bertz CT molecular complexity index is 1080. The van der Waals surface area contributed by atoms with Crippen molar-refractivity contribution in [3.8, 4) is 0 Å². The molecule has 2 aromatic carbocycles. The summed E-state index contributed by atoms with van der Waals surface area (Å²) in [4.78, 5) is 24.4. The first-order chi connectivity index (χ1) is 16.4. The second-order valence-corrected chi connectivity index (χ2v) is 9.14. The maximum atomic E-state index is 12.3. The van der Waals surface area contributed by atoms with Crippen LogP contribution < -0.4 is 10.4 Å². The van der Waals surface area contributed by atoms with Gasteiger partial charge in [0.25, 0.3) is 0 Å². The fourth-order valence-corrected chi connectivity index (χ4v) is 4.16. The lowest BCUT2D eigenvalue weighted by atomic mass is 10.0. The van der Waals surface area contributed by atoms with Crippen molar-refractivity contribution in [1.82, 2.24) is 0 Å². The van der Waals surface area contributed by atoms with Crippen LogP contribution in [0.3, 0.4) is 0 Å². The minimum Gasteiger partial charge on any atom is -0.477 e. The van der Waals surface area contributed by atoms with Crippen LogP contribution in [0.4, 0.5) is 11.4 Å². The molecule has 0 aliphatic rings. The number of anilines is 2. The Morgan fingerprint density at radius 1 is 1.03 bits per heavy atom. The predicted molar refractivity (Wildman–Crippen MR) is 134 cm³/mol. The molecule has 7 nitrogen and oxygen atoms in total. The monoisotopic (exact) mass is 482 g/mol. The second kappa shape index (κ2) is 12.3. The Balaban J connectivity index is 1.56. The van der Waals surface area contributed by atoms with Gasteiger partial charge in [0, 0.05) is 11.8 Å². The van der Waals surface area contributed by atoms with Crippen LogP contribution in [0.2, 0.25) is 0 Å². The summed E-state index contributed by atoms with van der Waals surface area (Å²) in [5, 5.41) is 20.7. The summed E-state index contributed by atoms with van der Waals surface area (Å²) in [5.41, 5.74) is 6.35. The number of aliphatic hydroxyl groups is 1. The van der Waals surface area contributed by atoms with E-state index in [1.165, 1.54) is 23.3 Å². The van der Waals surface area contributed by atoms with Crippen LogP contribution in [0.25, 0.3) is 0 Å². The topological polar surface area (TPSA) is 99.1 Å². The van der Waals surface area contributed by atoms with E-state index in [2.05, 4.69) is 12.3 Å². The number of hydrogen-bond donors (Lipinski definition) is 3. The molecule has 0 saturated carbocycles. The number of nitrogens with one attached hydrogen (secondary N) is 1. The van der Waals surface area contributed by atoms with Crippen LogP contribution in [0.5, 0.6) is 0 Å². The van der Waals surface area contributed by atoms with Gasteiger partial charge in [-0.05, 0) is 53.9 Å². The fraction of sp³-hybridized carbons (Fsp3) is 0.308. The van der Waals surface area contributed by atoms with Gasteiger partial charge >= 0.3 is 5.97 Å². The number of amides is 1. The first kappa shape index (κ1) is 25.4. The maximum Gasteiger partial charge on any atom is 0.345 e. The van der Waals surface area contributed by atoms with Crippen molar-refractivity contribution < 1.29 is 24.5 Å². The molecule has 0 aliphatic heterocycles. The minimum absolute atomic E-state index is 0.164. The molecular formula is C26H30N2O5S. The van der Waals surface area contributed by atoms with Crippen molar-refractivity contribution in [1.29, 1.82) is 0 Å². The number of ether oxygens (including phenoxy) is 1. The van der Waals surface area contributed by atoms with Crippen molar-refractivity contribution in [3.05, 3.63) is 81.5 Å². The number of carbonyl (C=O) groups excluding carboxylic acids is 1. The van der Waals surface area contributed by atoms with Crippen LogP contribution in [0.1, 0.15) is 64.9 Å². The van der Waals surface area contributed by atoms with Crippen LogP contribution in [0, 0.1) is 0 Å². The molecule has 0 saturated heterocycles. The van der Waals surface area contributed by atoms with Gasteiger partial charge < -0.3 is 14.9 Å². The number of hydrazine groups is 1. The lowest BCUT2D eigenvalue weighted by Gasteiger charge is -2.24. The van der Waals surface area contributed by atoms with Crippen molar-refractivity contribution in [2.45, 2.75) is 52.4 Å². The normalized spacial score (nSPS) is 11.7. The number of thiophene rings is 1. The zero-order valence-corrected chi connectivity index (χ0v) is 20.2. The van der Waals surface area contributed by atoms with Gasteiger partial charge in [0.2, 0.25) is 5.91 Å². The molecule has 3 rings (SSSR count). The molecule has 1 amide bonds. The molecule has 0 bridgehead atoms. The number of rotatable bonds is 12. The SMILES string of the molecule is CCCCC(O)c1ccc(N(Nc2ccc(COCc3ccc(C(=O)O)s3)cc2)C(C)=O)cc1. The number of nitrogens with zero attached hydrogens (tertiary/aromatic N) is 1. The molecule has 0 aliphatic carbocycles. The quantitative estimate of drug-likeness (QED) is 0.284. The highest BCUT2D eigenvalue weighted by Gasteiger charge is 2.14. The highest BCUT2D eigenvalue weighted by Crippen LogP contribution is 2.24. The molecule has 1 heterocycles. The zero-order chi connectivity index (χ0) is 24.5. The third-order valence-corrected chi connectivity index (χ3v) is 6.31. The Kier molecular flexibility index (Phi) is 9.21. The van der Waals surface area contributed by atoms with Gasteiger partial charge in [-0.1, -0.05) is 44.0 Å². The van der Waals surface area contributed by atoms with E-state index in [1.807, 2.05) is 48.5 Å². The Hall–Kier alpha value is -3.20. The molecule has 0 spiro atoms. The van der Waals surface area contributed by atoms with Crippen LogP contribution in [-0.2, 0) is 22.7 Å². The highest BCUT2D eigenvalue weighted by atomic mass is 32.1. The number of carbonyl (C=O) groups is 2. The van der Waals surface area contributed by atoms with Crippen LogP contribution in [-0.4, -0.2) is 22.1 Å². The summed E-state index contributed by atoms with van der Waals surface area (Å²) in [5.74, 6) is -1.09. The lowest BCUT2D eigenvalue weighted by Crippen LogP contribution is -2.34. The minimum atomic E-state index is -0.931. The fourth-order valence-electron chi connectivity index (χ4n) is 3.38. The van der Waals surface area contributed by atoms with Gasteiger partial charge in [0.15, 0.2) is 0 Å². The van der Waals surface area contributed by atoms with Gasteiger partial charge in [0.05, 0.1) is 30.7 Å². The van der Waals surface area contributed by atoms with Crippen molar-refractivity contribution >= 4 is 34.6 Å². The van der Waals surface area contributed by atoms with Gasteiger partial charge in [-0.25, -0.2) is 9.80 Å². The van der Waals surface area contributed by atoms with Crippen molar-refractivity contribution in [3.63, 3.8) is 0 Å². The Morgan fingerprint density at radius 2 is 1.74 bits per heavy atom. The van der Waals surface area contributed by atoms with E-state index in [1.54, 1.807) is 12.1 Å². The summed E-state index contributed by atoms with van der Waals surface area (Å²) in [6.45, 7) is 4.31. The van der Waals surface area contributed by atoms with E-state index in [4.69, 9.17) is 9.84 Å². The van der Waals surface area contributed by atoms with Crippen LogP contribution in [0.15, 0.2) is 60.7 Å². The van der Waals surface area contributed by atoms with E-state index >= 15 is 0 Å². The number of carboxylic acid groups (broad SMARTS) is 1. The number of aromatic carboxylic acids is 1. The highest BCUT2D eigenvalue weighted by molar-refractivity contribution is 7.13. The number of unbranched alkanes of at least 4 members (excludes halogenated alkanes) is 1. The second-order valence-electron chi connectivity index (χ2n) is 7.98. The van der Waals surface area contributed by atoms with E-state index in [-0.39, 0.29) is 5.91 Å². The molecule has 1 unspecified atom stereocenters. The molecule has 0 fully saturated rings.